The molecule has 3 aromatic rings. The van der Waals surface area contributed by atoms with Crippen LogP contribution in [0.1, 0.15) is 5.56 Å². The number of hydrogen-bond donors (Lipinski definition) is 1. The van der Waals surface area contributed by atoms with E-state index in [-0.39, 0.29) is 0 Å². The van der Waals surface area contributed by atoms with Crippen LogP contribution in [0, 0.1) is 0 Å². The molecular formula is C17H13N3O2. The van der Waals surface area contributed by atoms with Gasteiger partial charge in [0.25, 0.3) is 0 Å². The van der Waals surface area contributed by atoms with E-state index in [0.717, 1.165) is 22.9 Å². The number of carboxylic acids is 1. The van der Waals surface area contributed by atoms with E-state index < -0.39 is 5.97 Å². The van der Waals surface area contributed by atoms with Crippen LogP contribution in [0.5, 0.6) is 0 Å². The molecule has 0 amide bonds. The summed E-state index contributed by atoms with van der Waals surface area (Å²) in [6.07, 6.45) is 7.83. The maximum Gasteiger partial charge on any atom is 0.328 e. The Labute approximate surface area is 127 Å². The molecule has 2 aromatic heterocycles. The lowest BCUT2D eigenvalue weighted by Gasteiger charge is -1.99. The van der Waals surface area contributed by atoms with Crippen molar-refractivity contribution < 1.29 is 9.90 Å². The predicted octanol–water partition coefficient (Wildman–Crippen LogP) is 3.03. The molecule has 22 heavy (non-hydrogen) atoms. The lowest BCUT2D eigenvalue weighted by atomic mass is 10.1. The van der Waals surface area contributed by atoms with Crippen LogP contribution in [0.2, 0.25) is 0 Å². The molecule has 0 aliphatic rings. The van der Waals surface area contributed by atoms with E-state index in [9.17, 15) is 4.79 Å². The molecule has 0 fully saturated rings. The molecule has 2 heterocycles. The van der Waals surface area contributed by atoms with Gasteiger partial charge in [-0.15, -0.1) is 0 Å². The van der Waals surface area contributed by atoms with E-state index in [1.165, 1.54) is 6.08 Å². The van der Waals surface area contributed by atoms with Gasteiger partial charge in [0.05, 0.1) is 5.69 Å². The normalized spacial score (nSPS) is 10.9. The Morgan fingerprint density at radius 1 is 1.14 bits per heavy atom. The Bertz CT molecular complexity index is 808. The number of hydrogen-bond acceptors (Lipinski definition) is 3. The Balaban J connectivity index is 2.11. The minimum Gasteiger partial charge on any atom is -0.478 e. The summed E-state index contributed by atoms with van der Waals surface area (Å²) in [5.41, 5.74) is 3.15. The number of carbonyl (C=O) groups is 1. The van der Waals surface area contributed by atoms with Gasteiger partial charge in [-0.2, -0.15) is 5.10 Å². The molecule has 0 bridgehead atoms. The Hall–Kier alpha value is -3.21. The van der Waals surface area contributed by atoms with E-state index in [1.54, 1.807) is 23.3 Å². The van der Waals surface area contributed by atoms with E-state index in [2.05, 4.69) is 10.1 Å². The van der Waals surface area contributed by atoms with Gasteiger partial charge in [0.1, 0.15) is 5.69 Å². The van der Waals surface area contributed by atoms with Crippen molar-refractivity contribution in [3.8, 4) is 16.9 Å². The van der Waals surface area contributed by atoms with Crippen LogP contribution in [-0.2, 0) is 4.79 Å². The topological polar surface area (TPSA) is 68.0 Å². The summed E-state index contributed by atoms with van der Waals surface area (Å²) in [6.45, 7) is 0. The first-order chi connectivity index (χ1) is 10.7. The first-order valence-corrected chi connectivity index (χ1v) is 6.70. The van der Waals surface area contributed by atoms with Gasteiger partial charge in [-0.1, -0.05) is 18.2 Å². The zero-order chi connectivity index (χ0) is 15.4. The summed E-state index contributed by atoms with van der Waals surface area (Å²) < 4.78 is 1.73. The Kier molecular flexibility index (Phi) is 3.78. The van der Waals surface area contributed by atoms with Crippen molar-refractivity contribution >= 4 is 12.0 Å². The molecule has 0 radical (unpaired) electrons. The number of aliphatic carboxylic acids is 1. The zero-order valence-corrected chi connectivity index (χ0v) is 11.6. The third-order valence-electron chi connectivity index (χ3n) is 3.10. The van der Waals surface area contributed by atoms with Gasteiger partial charge in [0, 0.05) is 35.8 Å². The second-order valence-electron chi connectivity index (χ2n) is 4.63. The summed E-state index contributed by atoms with van der Waals surface area (Å²) in [4.78, 5) is 14.9. The lowest BCUT2D eigenvalue weighted by molar-refractivity contribution is -0.131. The van der Waals surface area contributed by atoms with Gasteiger partial charge in [0.15, 0.2) is 0 Å². The fourth-order valence-electron chi connectivity index (χ4n) is 2.11. The van der Waals surface area contributed by atoms with E-state index in [4.69, 9.17) is 5.11 Å². The number of para-hydroxylation sites is 1. The van der Waals surface area contributed by atoms with Gasteiger partial charge in [-0.25, -0.2) is 9.48 Å². The molecule has 5 heteroatoms. The van der Waals surface area contributed by atoms with Crippen molar-refractivity contribution in [2.75, 3.05) is 0 Å². The molecule has 0 saturated heterocycles. The Morgan fingerprint density at radius 2 is 1.95 bits per heavy atom. The molecule has 3 rings (SSSR count). The van der Waals surface area contributed by atoms with Crippen molar-refractivity contribution in [1.29, 1.82) is 0 Å². The minimum atomic E-state index is -0.996. The first kappa shape index (κ1) is 13.8. The van der Waals surface area contributed by atoms with Gasteiger partial charge >= 0.3 is 5.97 Å². The molecule has 1 N–H and O–H groups in total. The third-order valence-corrected chi connectivity index (χ3v) is 3.10. The quantitative estimate of drug-likeness (QED) is 0.750. The second kappa shape index (κ2) is 6.05. The van der Waals surface area contributed by atoms with Crippen molar-refractivity contribution in [2.24, 2.45) is 0 Å². The van der Waals surface area contributed by atoms with Crippen molar-refractivity contribution in [1.82, 2.24) is 14.8 Å². The number of rotatable bonds is 4. The highest BCUT2D eigenvalue weighted by atomic mass is 16.4. The van der Waals surface area contributed by atoms with E-state index in [1.807, 2.05) is 42.5 Å². The van der Waals surface area contributed by atoms with Gasteiger partial charge in [-0.05, 0) is 30.3 Å². The Morgan fingerprint density at radius 3 is 2.64 bits per heavy atom. The lowest BCUT2D eigenvalue weighted by Crippen LogP contribution is -1.94. The maximum atomic E-state index is 10.8. The fourth-order valence-corrected chi connectivity index (χ4v) is 2.11. The average Bonchev–Trinajstić information content (AvgIpc) is 2.99. The van der Waals surface area contributed by atoms with Crippen LogP contribution in [0.4, 0.5) is 0 Å². The molecular weight excluding hydrogens is 278 g/mol. The molecule has 0 aliphatic heterocycles. The molecule has 5 nitrogen and oxygen atoms in total. The third kappa shape index (κ3) is 2.93. The second-order valence-corrected chi connectivity index (χ2v) is 4.63. The van der Waals surface area contributed by atoms with Crippen LogP contribution < -0.4 is 0 Å². The largest absolute Gasteiger partial charge is 0.478 e. The van der Waals surface area contributed by atoms with Gasteiger partial charge < -0.3 is 5.11 Å². The molecule has 0 atom stereocenters. The van der Waals surface area contributed by atoms with Crippen LogP contribution in [0.3, 0.4) is 0 Å². The van der Waals surface area contributed by atoms with Gasteiger partial charge in [-0.3, -0.25) is 4.98 Å². The minimum absolute atomic E-state index is 0.689. The van der Waals surface area contributed by atoms with E-state index >= 15 is 0 Å². The summed E-state index contributed by atoms with van der Waals surface area (Å²) in [6, 6.07) is 13.4. The summed E-state index contributed by atoms with van der Waals surface area (Å²) >= 11 is 0. The van der Waals surface area contributed by atoms with Crippen LogP contribution in [-0.4, -0.2) is 25.8 Å². The summed E-state index contributed by atoms with van der Waals surface area (Å²) in [7, 11) is 0. The number of benzene rings is 1. The summed E-state index contributed by atoms with van der Waals surface area (Å²) in [5.74, 6) is -0.996. The maximum absolute atomic E-state index is 10.8. The van der Waals surface area contributed by atoms with Crippen molar-refractivity contribution in [3.63, 3.8) is 0 Å². The van der Waals surface area contributed by atoms with Crippen LogP contribution in [0.15, 0.2) is 67.1 Å². The average molecular weight is 291 g/mol. The molecule has 0 spiro atoms. The predicted molar refractivity (Wildman–Crippen MR) is 83.5 cm³/mol. The fraction of sp³-hybridized carbons (Fsp3) is 0. The van der Waals surface area contributed by atoms with Crippen LogP contribution >= 0.6 is 0 Å². The molecule has 1 aromatic carbocycles. The molecule has 0 saturated carbocycles. The number of pyridine rings is 1. The smallest absolute Gasteiger partial charge is 0.328 e. The highest BCUT2D eigenvalue weighted by molar-refractivity contribution is 5.87. The number of carboxylic acid groups (broad SMARTS) is 1. The first-order valence-electron chi connectivity index (χ1n) is 6.70. The zero-order valence-electron chi connectivity index (χ0n) is 11.6. The highest BCUT2D eigenvalue weighted by Crippen LogP contribution is 2.24. The SMILES string of the molecule is O=C(O)/C=C\c1cn(-c2ccccc2)nc1-c1cccnc1. The van der Waals surface area contributed by atoms with Gasteiger partial charge in [0.2, 0.25) is 0 Å². The highest BCUT2D eigenvalue weighted by Gasteiger charge is 2.10. The molecule has 0 aliphatic carbocycles. The molecule has 0 unspecified atom stereocenters. The standard InChI is InChI=1S/C17H13N3O2/c21-16(22)9-8-14-12-20(15-6-2-1-3-7-15)19-17(14)13-5-4-10-18-11-13/h1-12H,(H,21,22)/b9-8-. The molecule has 108 valence electrons. The van der Waals surface area contributed by atoms with E-state index in [0.29, 0.717) is 5.69 Å². The monoisotopic (exact) mass is 291 g/mol. The number of aromatic nitrogens is 3. The van der Waals surface area contributed by atoms with Crippen LogP contribution in [0.25, 0.3) is 23.0 Å². The van der Waals surface area contributed by atoms with Crippen molar-refractivity contribution in [2.45, 2.75) is 0 Å². The summed E-state index contributed by atoms with van der Waals surface area (Å²) in [5, 5.41) is 13.4. The van der Waals surface area contributed by atoms with Crippen molar-refractivity contribution in [3.05, 3.63) is 72.7 Å². The number of nitrogens with zero attached hydrogens (tertiary/aromatic N) is 3.